The quantitative estimate of drug-likeness (QED) is 0.809. The molecular weight excluding hydrogens is 260 g/mol. The Bertz CT molecular complexity index is 514. The molecule has 0 unspecified atom stereocenters. The normalized spacial score (nSPS) is 10.4. The highest BCUT2D eigenvalue weighted by atomic mass is 35.5. The number of nitrogens with one attached hydrogen (secondary N) is 1. The van der Waals surface area contributed by atoms with Gasteiger partial charge >= 0.3 is 0 Å². The second-order valence-electron chi connectivity index (χ2n) is 4.26. The summed E-state index contributed by atoms with van der Waals surface area (Å²) < 4.78 is 5.73. The Morgan fingerprint density at radius 1 is 1.16 bits per heavy atom. The number of rotatable bonds is 6. The van der Waals surface area contributed by atoms with Crippen molar-refractivity contribution in [2.24, 2.45) is 0 Å². The summed E-state index contributed by atoms with van der Waals surface area (Å²) in [6, 6.07) is 9.27. The van der Waals surface area contributed by atoms with Crippen LogP contribution in [0.5, 0.6) is 11.5 Å². The maximum absolute atomic E-state index is 5.83. The average Bonchev–Trinajstić information content (AvgIpc) is 2.42. The first-order valence-electron chi connectivity index (χ1n) is 6.36. The molecule has 19 heavy (non-hydrogen) atoms. The number of ether oxygens (including phenoxy) is 1. The van der Waals surface area contributed by atoms with Crippen molar-refractivity contribution in [1.82, 2.24) is 10.3 Å². The van der Waals surface area contributed by atoms with Gasteiger partial charge in [0.25, 0.3) is 0 Å². The summed E-state index contributed by atoms with van der Waals surface area (Å²) in [7, 11) is 0. The van der Waals surface area contributed by atoms with Crippen molar-refractivity contribution in [2.75, 3.05) is 6.54 Å². The molecule has 0 bridgehead atoms. The summed E-state index contributed by atoms with van der Waals surface area (Å²) in [6.07, 6.45) is 4.67. The maximum atomic E-state index is 5.83. The highest BCUT2D eigenvalue weighted by Gasteiger charge is 2.00. The zero-order chi connectivity index (χ0) is 13.5. The van der Waals surface area contributed by atoms with Crippen LogP contribution in [0.3, 0.4) is 0 Å². The van der Waals surface area contributed by atoms with E-state index in [0.717, 1.165) is 36.6 Å². The van der Waals surface area contributed by atoms with Crippen molar-refractivity contribution in [3.05, 3.63) is 53.3 Å². The molecule has 0 radical (unpaired) electrons. The third-order valence-corrected chi connectivity index (χ3v) is 2.83. The molecule has 100 valence electrons. The first-order chi connectivity index (χ1) is 9.28. The number of nitrogens with zero attached hydrogens (tertiary/aromatic N) is 1. The number of hydrogen-bond acceptors (Lipinski definition) is 3. The SMILES string of the molecule is CCCNCc1cncc(Oc2ccc(Cl)cc2)c1. The van der Waals surface area contributed by atoms with E-state index in [1.165, 1.54) is 0 Å². The minimum atomic E-state index is 0.697. The van der Waals surface area contributed by atoms with Gasteiger partial charge in [-0.3, -0.25) is 4.98 Å². The second kappa shape index (κ2) is 7.12. The number of hydrogen-bond donors (Lipinski definition) is 1. The number of benzene rings is 1. The van der Waals surface area contributed by atoms with Crippen molar-refractivity contribution in [2.45, 2.75) is 19.9 Å². The molecule has 0 amide bonds. The fourth-order valence-corrected chi connectivity index (χ4v) is 1.79. The van der Waals surface area contributed by atoms with Gasteiger partial charge in [0.1, 0.15) is 11.5 Å². The molecule has 0 spiro atoms. The Labute approximate surface area is 118 Å². The maximum Gasteiger partial charge on any atom is 0.146 e. The molecule has 0 fully saturated rings. The first-order valence-corrected chi connectivity index (χ1v) is 6.74. The van der Waals surface area contributed by atoms with Crippen molar-refractivity contribution >= 4 is 11.6 Å². The fraction of sp³-hybridized carbons (Fsp3) is 0.267. The van der Waals surface area contributed by atoms with E-state index >= 15 is 0 Å². The molecule has 3 nitrogen and oxygen atoms in total. The van der Waals surface area contributed by atoms with Crippen LogP contribution in [0.15, 0.2) is 42.7 Å². The molecule has 0 aliphatic carbocycles. The summed E-state index contributed by atoms with van der Waals surface area (Å²) >= 11 is 5.83. The van der Waals surface area contributed by atoms with Crippen LogP contribution in [-0.4, -0.2) is 11.5 Å². The predicted octanol–water partition coefficient (Wildman–Crippen LogP) is 4.03. The standard InChI is InChI=1S/C15H17ClN2O/c1-2-7-17-9-12-8-15(11-18-10-12)19-14-5-3-13(16)4-6-14/h3-6,8,10-11,17H,2,7,9H2,1H3. The van der Waals surface area contributed by atoms with Crippen molar-refractivity contribution < 1.29 is 4.74 Å². The number of pyridine rings is 1. The van der Waals surface area contributed by atoms with Gasteiger partial charge in [-0.05, 0) is 48.9 Å². The van der Waals surface area contributed by atoms with Crippen LogP contribution in [-0.2, 0) is 6.54 Å². The lowest BCUT2D eigenvalue weighted by molar-refractivity contribution is 0.479. The number of aromatic nitrogens is 1. The molecule has 1 aromatic heterocycles. The third-order valence-electron chi connectivity index (χ3n) is 2.58. The molecule has 4 heteroatoms. The number of halogens is 1. The van der Waals surface area contributed by atoms with E-state index < -0.39 is 0 Å². The molecular formula is C15H17ClN2O. The monoisotopic (exact) mass is 276 g/mol. The topological polar surface area (TPSA) is 34.2 Å². The second-order valence-corrected chi connectivity index (χ2v) is 4.70. The minimum Gasteiger partial charge on any atom is -0.456 e. The van der Waals surface area contributed by atoms with Crippen molar-refractivity contribution in [3.8, 4) is 11.5 Å². The Balaban J connectivity index is 2.00. The minimum absolute atomic E-state index is 0.697. The van der Waals surface area contributed by atoms with E-state index in [-0.39, 0.29) is 0 Å². The average molecular weight is 277 g/mol. The highest BCUT2D eigenvalue weighted by molar-refractivity contribution is 6.30. The van der Waals surface area contributed by atoms with Crippen LogP contribution >= 0.6 is 11.6 Å². The fourth-order valence-electron chi connectivity index (χ4n) is 1.66. The third kappa shape index (κ3) is 4.54. The van der Waals surface area contributed by atoms with Crippen molar-refractivity contribution in [3.63, 3.8) is 0 Å². The lowest BCUT2D eigenvalue weighted by Crippen LogP contribution is -2.13. The van der Waals surface area contributed by atoms with Crippen LogP contribution in [0, 0.1) is 0 Å². The molecule has 0 saturated heterocycles. The predicted molar refractivity (Wildman–Crippen MR) is 77.8 cm³/mol. The van der Waals surface area contributed by atoms with Crippen LogP contribution in [0.4, 0.5) is 0 Å². The van der Waals surface area contributed by atoms with Gasteiger partial charge in [0.2, 0.25) is 0 Å². The van der Waals surface area contributed by atoms with E-state index in [2.05, 4.69) is 17.2 Å². The first kappa shape index (κ1) is 13.8. The zero-order valence-electron chi connectivity index (χ0n) is 10.9. The van der Waals surface area contributed by atoms with Gasteiger partial charge in [0, 0.05) is 17.8 Å². The molecule has 0 saturated carbocycles. The van der Waals surface area contributed by atoms with E-state index in [0.29, 0.717) is 5.02 Å². The van der Waals surface area contributed by atoms with Crippen LogP contribution < -0.4 is 10.1 Å². The summed E-state index contributed by atoms with van der Waals surface area (Å²) in [5.74, 6) is 1.49. The summed E-state index contributed by atoms with van der Waals surface area (Å²) in [5.41, 5.74) is 1.11. The van der Waals surface area contributed by atoms with E-state index in [4.69, 9.17) is 16.3 Å². The van der Waals surface area contributed by atoms with E-state index in [1.54, 1.807) is 18.3 Å². The van der Waals surface area contributed by atoms with Gasteiger partial charge in [-0.25, -0.2) is 0 Å². The molecule has 1 heterocycles. The summed E-state index contributed by atoms with van der Waals surface area (Å²) in [6.45, 7) is 3.95. The molecule has 0 aliphatic rings. The zero-order valence-corrected chi connectivity index (χ0v) is 11.7. The van der Waals surface area contributed by atoms with Crippen molar-refractivity contribution in [1.29, 1.82) is 0 Å². The van der Waals surface area contributed by atoms with E-state index in [1.807, 2.05) is 24.4 Å². The lowest BCUT2D eigenvalue weighted by Gasteiger charge is -2.07. The van der Waals surface area contributed by atoms with Crippen LogP contribution in [0.25, 0.3) is 0 Å². The van der Waals surface area contributed by atoms with Gasteiger partial charge in [-0.15, -0.1) is 0 Å². The lowest BCUT2D eigenvalue weighted by atomic mass is 10.2. The molecule has 1 aromatic carbocycles. The van der Waals surface area contributed by atoms with Gasteiger partial charge in [0.15, 0.2) is 0 Å². The highest BCUT2D eigenvalue weighted by Crippen LogP contribution is 2.22. The van der Waals surface area contributed by atoms with Crippen LogP contribution in [0.1, 0.15) is 18.9 Å². The molecule has 2 rings (SSSR count). The Morgan fingerprint density at radius 2 is 1.95 bits per heavy atom. The van der Waals surface area contributed by atoms with Gasteiger partial charge in [0.05, 0.1) is 6.20 Å². The summed E-state index contributed by atoms with van der Waals surface area (Å²) in [5, 5.41) is 4.03. The Hall–Kier alpha value is -1.58. The smallest absolute Gasteiger partial charge is 0.146 e. The van der Waals surface area contributed by atoms with Crippen LogP contribution in [0.2, 0.25) is 5.02 Å². The Kier molecular flexibility index (Phi) is 5.19. The largest absolute Gasteiger partial charge is 0.456 e. The van der Waals surface area contributed by atoms with E-state index in [9.17, 15) is 0 Å². The molecule has 0 aliphatic heterocycles. The molecule has 0 atom stereocenters. The molecule has 1 N–H and O–H groups in total. The van der Waals surface area contributed by atoms with Gasteiger partial charge in [-0.2, -0.15) is 0 Å². The Morgan fingerprint density at radius 3 is 2.68 bits per heavy atom. The van der Waals surface area contributed by atoms with Gasteiger partial charge in [-0.1, -0.05) is 18.5 Å². The molecule has 2 aromatic rings. The van der Waals surface area contributed by atoms with Gasteiger partial charge < -0.3 is 10.1 Å². The summed E-state index contributed by atoms with van der Waals surface area (Å²) in [4.78, 5) is 4.19.